The van der Waals surface area contributed by atoms with Gasteiger partial charge < -0.3 is 15.0 Å². The molecule has 0 heterocycles. The highest BCUT2D eigenvalue weighted by atomic mass is 35.5. The predicted octanol–water partition coefficient (Wildman–Crippen LogP) is 5.32. The van der Waals surface area contributed by atoms with Crippen LogP contribution in [0.2, 0.25) is 10.0 Å². The van der Waals surface area contributed by atoms with Gasteiger partial charge in [-0.15, -0.1) is 0 Å². The number of carbonyl (C=O) groups is 2. The third-order valence-corrected chi connectivity index (χ3v) is 5.73. The molecule has 2 rings (SSSR count). The lowest BCUT2D eigenvalue weighted by molar-refractivity contribution is -0.143. The average Bonchev–Trinajstić information content (AvgIpc) is 2.74. The summed E-state index contributed by atoms with van der Waals surface area (Å²) >= 11 is 12.7. The van der Waals surface area contributed by atoms with Crippen LogP contribution in [0.5, 0.6) is 5.75 Å². The van der Waals surface area contributed by atoms with E-state index in [0.717, 1.165) is 17.5 Å². The number of benzene rings is 2. The molecule has 1 N–H and O–H groups in total. The molecule has 0 fully saturated rings. The number of aryl methyl sites for hydroxylation is 2. The van der Waals surface area contributed by atoms with Crippen LogP contribution in [0.3, 0.4) is 0 Å². The number of nitrogens with one attached hydrogen (secondary N) is 1. The number of ether oxygens (including phenoxy) is 1. The number of amides is 2. The van der Waals surface area contributed by atoms with E-state index in [1.54, 1.807) is 18.2 Å². The molecule has 0 saturated carbocycles. The summed E-state index contributed by atoms with van der Waals surface area (Å²) in [6, 6.07) is 10.4. The Morgan fingerprint density at radius 3 is 2.39 bits per heavy atom. The second-order valence-electron chi connectivity index (χ2n) is 7.49. The van der Waals surface area contributed by atoms with Crippen LogP contribution in [-0.2, 0) is 16.1 Å². The van der Waals surface area contributed by atoms with E-state index in [4.69, 9.17) is 27.9 Å². The summed E-state index contributed by atoms with van der Waals surface area (Å²) in [4.78, 5) is 27.6. The molecule has 31 heavy (non-hydrogen) atoms. The van der Waals surface area contributed by atoms with Gasteiger partial charge in [0.25, 0.3) is 5.91 Å². The molecule has 0 unspecified atom stereocenters. The summed E-state index contributed by atoms with van der Waals surface area (Å²) in [5, 5.41) is 3.78. The minimum atomic E-state index is -0.659. The van der Waals surface area contributed by atoms with Crippen LogP contribution in [0.15, 0.2) is 36.4 Å². The van der Waals surface area contributed by atoms with Crippen molar-refractivity contribution in [2.24, 2.45) is 0 Å². The molecule has 2 amide bonds. The van der Waals surface area contributed by atoms with Gasteiger partial charge in [-0.25, -0.2) is 0 Å². The highest BCUT2D eigenvalue weighted by molar-refractivity contribution is 6.36. The second kappa shape index (κ2) is 12.0. The van der Waals surface area contributed by atoms with Crippen LogP contribution in [0, 0.1) is 13.8 Å². The van der Waals surface area contributed by atoms with Crippen molar-refractivity contribution in [1.29, 1.82) is 0 Å². The lowest BCUT2D eigenvalue weighted by atomic mass is 10.1. The largest absolute Gasteiger partial charge is 0.483 e. The van der Waals surface area contributed by atoms with E-state index >= 15 is 0 Å². The zero-order valence-electron chi connectivity index (χ0n) is 18.5. The molecular weight excluding hydrogens is 435 g/mol. The van der Waals surface area contributed by atoms with Crippen LogP contribution < -0.4 is 10.1 Å². The van der Waals surface area contributed by atoms with Gasteiger partial charge in [-0.05, 0) is 56.0 Å². The molecular formula is C24H30Cl2N2O3. The van der Waals surface area contributed by atoms with E-state index in [1.165, 1.54) is 4.90 Å². The minimum absolute atomic E-state index is 0.117. The van der Waals surface area contributed by atoms with Gasteiger partial charge >= 0.3 is 0 Å². The van der Waals surface area contributed by atoms with Crippen LogP contribution in [0.25, 0.3) is 0 Å². The zero-order chi connectivity index (χ0) is 23.0. The van der Waals surface area contributed by atoms with Crippen molar-refractivity contribution in [3.05, 3.63) is 63.1 Å². The summed E-state index contributed by atoms with van der Waals surface area (Å²) in [5.74, 6) is 0.135. The molecule has 168 valence electrons. The van der Waals surface area contributed by atoms with Crippen LogP contribution in [0.4, 0.5) is 0 Å². The van der Waals surface area contributed by atoms with Crippen LogP contribution in [0.1, 0.15) is 43.4 Å². The standard InChI is InChI=1S/C24H30Cl2N2O3/c1-5-12-27-24(30)21(6-2)28(14-18-19(25)8-7-9-20(18)26)23(29)15-31-22-13-16(3)10-11-17(22)4/h7-11,13,21H,5-6,12,14-15H2,1-4H3,(H,27,30)/t21-/m0/s1. The molecule has 0 aromatic heterocycles. The summed E-state index contributed by atoms with van der Waals surface area (Å²) in [6.45, 7) is 8.21. The van der Waals surface area contributed by atoms with Crippen molar-refractivity contribution in [2.75, 3.05) is 13.2 Å². The Hall–Kier alpha value is -2.24. The Morgan fingerprint density at radius 1 is 1.10 bits per heavy atom. The smallest absolute Gasteiger partial charge is 0.261 e. The maximum absolute atomic E-state index is 13.3. The molecule has 1 atom stereocenters. The van der Waals surface area contributed by atoms with Crippen molar-refractivity contribution in [3.8, 4) is 5.75 Å². The number of hydrogen-bond donors (Lipinski definition) is 1. The Balaban J connectivity index is 2.29. The fraction of sp³-hybridized carbons (Fsp3) is 0.417. The number of rotatable bonds is 10. The highest BCUT2D eigenvalue weighted by Crippen LogP contribution is 2.27. The lowest BCUT2D eigenvalue weighted by Crippen LogP contribution is -2.50. The van der Waals surface area contributed by atoms with E-state index in [2.05, 4.69) is 5.32 Å². The first-order chi connectivity index (χ1) is 14.8. The summed E-state index contributed by atoms with van der Waals surface area (Å²) < 4.78 is 5.83. The first-order valence-electron chi connectivity index (χ1n) is 10.5. The number of hydrogen-bond acceptors (Lipinski definition) is 3. The van der Waals surface area contributed by atoms with E-state index in [-0.39, 0.29) is 25.0 Å². The number of nitrogens with zero attached hydrogens (tertiary/aromatic N) is 1. The normalized spacial score (nSPS) is 11.7. The van der Waals surface area contributed by atoms with Crippen molar-refractivity contribution in [1.82, 2.24) is 10.2 Å². The number of halogens is 2. The van der Waals surface area contributed by atoms with Crippen LogP contribution in [-0.4, -0.2) is 35.9 Å². The average molecular weight is 465 g/mol. The third kappa shape index (κ3) is 6.88. The molecule has 0 aliphatic heterocycles. The molecule has 0 aliphatic carbocycles. The van der Waals surface area contributed by atoms with Crippen LogP contribution >= 0.6 is 23.2 Å². The van der Waals surface area contributed by atoms with Gasteiger partial charge in [0, 0.05) is 28.7 Å². The zero-order valence-corrected chi connectivity index (χ0v) is 20.0. The fourth-order valence-corrected chi connectivity index (χ4v) is 3.74. The lowest BCUT2D eigenvalue weighted by Gasteiger charge is -2.31. The predicted molar refractivity (Wildman–Crippen MR) is 126 cm³/mol. The van der Waals surface area contributed by atoms with Gasteiger partial charge in [0.1, 0.15) is 11.8 Å². The SMILES string of the molecule is CCCNC(=O)[C@H](CC)N(Cc1c(Cl)cccc1Cl)C(=O)COc1cc(C)ccc1C. The quantitative estimate of drug-likeness (QED) is 0.517. The molecule has 0 spiro atoms. The second-order valence-corrected chi connectivity index (χ2v) is 8.31. The van der Waals surface area contributed by atoms with E-state index < -0.39 is 6.04 Å². The highest BCUT2D eigenvalue weighted by Gasteiger charge is 2.30. The first-order valence-corrected chi connectivity index (χ1v) is 11.2. The molecule has 0 saturated heterocycles. The summed E-state index contributed by atoms with van der Waals surface area (Å²) in [6.07, 6.45) is 1.26. The Bertz CT molecular complexity index is 897. The van der Waals surface area contributed by atoms with Crippen molar-refractivity contribution >= 4 is 35.0 Å². The Morgan fingerprint density at radius 2 is 1.77 bits per heavy atom. The maximum Gasteiger partial charge on any atom is 0.261 e. The van der Waals surface area contributed by atoms with Crippen molar-refractivity contribution in [2.45, 2.75) is 53.1 Å². The van der Waals surface area contributed by atoms with E-state index in [9.17, 15) is 9.59 Å². The van der Waals surface area contributed by atoms with Crippen molar-refractivity contribution in [3.63, 3.8) is 0 Å². The van der Waals surface area contributed by atoms with Gasteiger partial charge in [0.05, 0.1) is 0 Å². The fourth-order valence-electron chi connectivity index (χ4n) is 3.22. The van der Waals surface area contributed by atoms with E-state index in [0.29, 0.717) is 34.3 Å². The topological polar surface area (TPSA) is 58.6 Å². The molecule has 5 nitrogen and oxygen atoms in total. The third-order valence-electron chi connectivity index (χ3n) is 5.02. The molecule has 0 bridgehead atoms. The van der Waals surface area contributed by atoms with Gasteiger partial charge in [-0.2, -0.15) is 0 Å². The van der Waals surface area contributed by atoms with Crippen molar-refractivity contribution < 1.29 is 14.3 Å². The Labute approximate surface area is 194 Å². The monoisotopic (exact) mass is 464 g/mol. The summed E-state index contributed by atoms with van der Waals surface area (Å²) in [7, 11) is 0. The van der Waals surface area contributed by atoms with Gasteiger partial charge in [0.2, 0.25) is 5.91 Å². The van der Waals surface area contributed by atoms with Gasteiger partial charge in [0.15, 0.2) is 6.61 Å². The number of carbonyl (C=O) groups excluding carboxylic acids is 2. The van der Waals surface area contributed by atoms with Gasteiger partial charge in [-0.1, -0.05) is 55.2 Å². The molecule has 7 heteroatoms. The maximum atomic E-state index is 13.3. The van der Waals surface area contributed by atoms with E-state index in [1.807, 2.05) is 45.9 Å². The molecule has 0 aliphatic rings. The molecule has 0 radical (unpaired) electrons. The molecule has 2 aromatic carbocycles. The summed E-state index contributed by atoms with van der Waals surface area (Å²) in [5.41, 5.74) is 2.58. The van der Waals surface area contributed by atoms with Gasteiger partial charge in [-0.3, -0.25) is 9.59 Å². The molecule has 2 aromatic rings. The minimum Gasteiger partial charge on any atom is -0.483 e. The first kappa shape index (κ1) is 25.0. The Kier molecular flexibility index (Phi) is 9.66.